The fourth-order valence-electron chi connectivity index (χ4n) is 2.80. The van der Waals surface area contributed by atoms with E-state index in [1.165, 1.54) is 12.3 Å². The van der Waals surface area contributed by atoms with Crippen molar-refractivity contribution >= 4 is 60.1 Å². The van der Waals surface area contributed by atoms with Gasteiger partial charge in [0, 0.05) is 22.8 Å². The van der Waals surface area contributed by atoms with Crippen LogP contribution in [0.25, 0.3) is 16.6 Å². The number of ketones is 1. The Morgan fingerprint density at radius 1 is 1.11 bits per heavy atom. The summed E-state index contributed by atoms with van der Waals surface area (Å²) in [6.07, 6.45) is 4.62. The van der Waals surface area contributed by atoms with E-state index in [4.69, 9.17) is 11.6 Å². The van der Waals surface area contributed by atoms with Crippen molar-refractivity contribution < 1.29 is 15.0 Å². The molecule has 0 atom stereocenters. The number of aromatic hydroxyl groups is 2. The average molecular weight is 524 g/mol. The molecule has 0 amide bonds. The predicted molar refractivity (Wildman–Crippen MR) is 112 cm³/mol. The highest BCUT2D eigenvalue weighted by Gasteiger charge is 2.22. The molecule has 2 aromatic carbocycles. The molecule has 2 N–H and O–H groups in total. The van der Waals surface area contributed by atoms with Crippen LogP contribution in [0.2, 0.25) is 5.02 Å². The first kappa shape index (κ1) is 18.9. The molecule has 0 unspecified atom stereocenters. The summed E-state index contributed by atoms with van der Waals surface area (Å²) >= 11 is 12.3. The van der Waals surface area contributed by atoms with E-state index in [0.717, 1.165) is 11.1 Å². The van der Waals surface area contributed by atoms with Crippen LogP contribution < -0.4 is 0 Å². The van der Waals surface area contributed by atoms with Crippen LogP contribution in [0.1, 0.15) is 15.9 Å². The van der Waals surface area contributed by atoms with Crippen molar-refractivity contribution in [1.82, 2.24) is 14.8 Å². The quantitative estimate of drug-likeness (QED) is 0.359. The number of nitrogens with zero attached hydrogens (tertiary/aromatic N) is 3. The second-order valence-electron chi connectivity index (χ2n) is 5.91. The van der Waals surface area contributed by atoms with E-state index in [9.17, 15) is 15.0 Å². The van der Waals surface area contributed by atoms with Crippen LogP contribution in [0.15, 0.2) is 57.9 Å². The lowest BCUT2D eigenvalue weighted by Crippen LogP contribution is -2.02. The van der Waals surface area contributed by atoms with Gasteiger partial charge in [-0.15, -0.1) is 0 Å². The molecule has 0 aliphatic carbocycles. The van der Waals surface area contributed by atoms with Crippen LogP contribution in [0.5, 0.6) is 11.5 Å². The second kappa shape index (κ2) is 7.20. The first-order valence-electron chi connectivity index (χ1n) is 7.90. The number of benzene rings is 2. The van der Waals surface area contributed by atoms with Crippen molar-refractivity contribution in [3.05, 3.63) is 74.0 Å². The van der Waals surface area contributed by atoms with Crippen LogP contribution in [0.3, 0.4) is 0 Å². The molecule has 140 valence electrons. The van der Waals surface area contributed by atoms with E-state index in [0.29, 0.717) is 10.5 Å². The molecule has 9 heteroatoms. The van der Waals surface area contributed by atoms with Gasteiger partial charge in [-0.25, -0.2) is 4.68 Å². The summed E-state index contributed by atoms with van der Waals surface area (Å²) < 4.78 is 1.88. The molecule has 0 radical (unpaired) electrons. The van der Waals surface area contributed by atoms with Gasteiger partial charge in [-0.2, -0.15) is 5.10 Å². The molecule has 2 heterocycles. The van der Waals surface area contributed by atoms with Gasteiger partial charge in [-0.05, 0) is 62.2 Å². The minimum Gasteiger partial charge on any atom is -0.506 e. The zero-order valence-corrected chi connectivity index (χ0v) is 17.8. The molecule has 2 aromatic heterocycles. The fourth-order valence-corrected chi connectivity index (χ4v) is 4.09. The molecular weight excluding hydrogens is 513 g/mol. The monoisotopic (exact) mass is 521 g/mol. The van der Waals surface area contributed by atoms with Crippen molar-refractivity contribution in [3.8, 4) is 17.2 Å². The predicted octanol–water partition coefficient (Wildman–Crippen LogP) is 5.24. The Hall–Kier alpha value is -2.42. The molecule has 28 heavy (non-hydrogen) atoms. The Bertz CT molecular complexity index is 1260. The fraction of sp³-hybridized carbons (Fsp3) is 0. The molecule has 6 nitrogen and oxygen atoms in total. The number of halogens is 3. The Morgan fingerprint density at radius 3 is 2.68 bits per heavy atom. The number of aromatic nitrogens is 3. The maximum atomic E-state index is 12.9. The molecule has 4 aromatic rings. The van der Waals surface area contributed by atoms with E-state index >= 15 is 0 Å². The van der Waals surface area contributed by atoms with Crippen molar-refractivity contribution in [2.24, 2.45) is 0 Å². The third kappa shape index (κ3) is 3.17. The standard InChI is InChI=1S/C19H10Br2ClN3O3/c20-13-6-12(18(27)16(21)19(13)28)17(26)9-7-24-25(8-9)15-3-4-23-14-5-10(22)1-2-11(14)15/h1-8,27-28H. The molecule has 0 fully saturated rings. The maximum absolute atomic E-state index is 12.9. The number of pyridine rings is 1. The maximum Gasteiger partial charge on any atom is 0.200 e. The second-order valence-corrected chi connectivity index (χ2v) is 8.00. The molecule has 0 aliphatic heterocycles. The normalized spacial score (nSPS) is 11.1. The molecule has 4 rings (SSSR count). The van der Waals surface area contributed by atoms with E-state index in [-0.39, 0.29) is 31.6 Å². The van der Waals surface area contributed by atoms with Gasteiger partial charge in [-0.3, -0.25) is 9.78 Å². The van der Waals surface area contributed by atoms with Crippen LogP contribution in [0.4, 0.5) is 0 Å². The van der Waals surface area contributed by atoms with Gasteiger partial charge >= 0.3 is 0 Å². The number of carbonyl (C=O) groups excluding carboxylic acids is 1. The van der Waals surface area contributed by atoms with E-state index in [1.54, 1.807) is 35.3 Å². The molecule has 0 saturated carbocycles. The van der Waals surface area contributed by atoms with Gasteiger partial charge in [-0.1, -0.05) is 11.6 Å². The summed E-state index contributed by atoms with van der Waals surface area (Å²) in [6, 6.07) is 8.48. The number of fused-ring (bicyclic) bond motifs is 1. The number of hydrogen-bond donors (Lipinski definition) is 2. The lowest BCUT2D eigenvalue weighted by molar-refractivity contribution is 0.103. The van der Waals surface area contributed by atoms with Gasteiger partial charge in [0.15, 0.2) is 5.78 Å². The van der Waals surface area contributed by atoms with Gasteiger partial charge in [0.25, 0.3) is 0 Å². The third-order valence-corrected chi connectivity index (χ3v) is 5.78. The highest BCUT2D eigenvalue weighted by Crippen LogP contribution is 2.42. The highest BCUT2D eigenvalue weighted by molar-refractivity contribution is 9.11. The van der Waals surface area contributed by atoms with Crippen LogP contribution >= 0.6 is 43.5 Å². The minimum atomic E-state index is -0.438. The first-order chi connectivity index (χ1) is 13.4. The Labute approximate surface area is 180 Å². The Kier molecular flexibility index (Phi) is 4.86. The average Bonchev–Trinajstić information content (AvgIpc) is 3.18. The molecule has 0 spiro atoms. The smallest absolute Gasteiger partial charge is 0.200 e. The summed E-state index contributed by atoms with van der Waals surface area (Å²) in [5.74, 6) is -0.972. The first-order valence-corrected chi connectivity index (χ1v) is 9.87. The van der Waals surface area contributed by atoms with Crippen molar-refractivity contribution in [2.45, 2.75) is 0 Å². The molecule has 0 bridgehead atoms. The van der Waals surface area contributed by atoms with Gasteiger partial charge in [0.2, 0.25) is 0 Å². The van der Waals surface area contributed by atoms with E-state index in [2.05, 4.69) is 41.9 Å². The molecule has 0 aliphatic rings. The number of hydrogen-bond acceptors (Lipinski definition) is 5. The number of carbonyl (C=O) groups is 1. The summed E-state index contributed by atoms with van der Waals surface area (Å²) in [5.41, 5.74) is 1.75. The number of phenols is 2. The summed E-state index contributed by atoms with van der Waals surface area (Å²) in [7, 11) is 0. The lowest BCUT2D eigenvalue weighted by atomic mass is 10.1. The van der Waals surface area contributed by atoms with Crippen molar-refractivity contribution in [3.63, 3.8) is 0 Å². The van der Waals surface area contributed by atoms with E-state index < -0.39 is 5.78 Å². The molecule has 0 saturated heterocycles. The van der Waals surface area contributed by atoms with Crippen molar-refractivity contribution in [2.75, 3.05) is 0 Å². The SMILES string of the molecule is O=C(c1cnn(-c2ccnc3cc(Cl)ccc23)c1)c1cc(Br)c(O)c(Br)c1O. The van der Waals surface area contributed by atoms with Gasteiger partial charge in [0.1, 0.15) is 16.0 Å². The zero-order valence-electron chi connectivity index (χ0n) is 13.9. The highest BCUT2D eigenvalue weighted by atomic mass is 79.9. The summed E-state index contributed by atoms with van der Waals surface area (Å²) in [5, 5.41) is 25.7. The Morgan fingerprint density at radius 2 is 1.89 bits per heavy atom. The number of phenolic OH excluding ortho intramolecular Hbond substituents is 2. The Balaban J connectivity index is 1.78. The van der Waals surface area contributed by atoms with Crippen LogP contribution in [-0.2, 0) is 0 Å². The topological polar surface area (TPSA) is 88.2 Å². The van der Waals surface area contributed by atoms with Gasteiger partial charge < -0.3 is 10.2 Å². The van der Waals surface area contributed by atoms with Crippen LogP contribution in [-0.4, -0.2) is 30.8 Å². The largest absolute Gasteiger partial charge is 0.506 e. The molecular formula is C19H10Br2ClN3O3. The minimum absolute atomic E-state index is 0.0301. The summed E-state index contributed by atoms with van der Waals surface area (Å²) in [6.45, 7) is 0. The van der Waals surface area contributed by atoms with E-state index in [1.807, 2.05) is 6.07 Å². The van der Waals surface area contributed by atoms with Crippen molar-refractivity contribution in [1.29, 1.82) is 0 Å². The lowest BCUT2D eigenvalue weighted by Gasteiger charge is -2.08. The summed E-state index contributed by atoms with van der Waals surface area (Å²) in [4.78, 5) is 17.2. The zero-order chi connectivity index (χ0) is 20.0. The van der Waals surface area contributed by atoms with Crippen LogP contribution in [0, 0.1) is 0 Å². The third-order valence-electron chi connectivity index (χ3n) is 4.19. The number of rotatable bonds is 3. The van der Waals surface area contributed by atoms with Gasteiger partial charge in [0.05, 0.1) is 33.0 Å².